The highest BCUT2D eigenvalue weighted by Crippen LogP contribution is 2.34. The number of nitrogens with one attached hydrogen (secondary N) is 1. The first-order chi connectivity index (χ1) is 11.6. The maximum absolute atomic E-state index is 12.7. The lowest BCUT2D eigenvalue weighted by molar-refractivity contribution is 0.101. The van der Waals surface area contributed by atoms with E-state index in [1.807, 2.05) is 14.1 Å². The summed E-state index contributed by atoms with van der Waals surface area (Å²) in [7, 11) is 5.12. The molecule has 0 saturated carbocycles. The number of methoxy groups -OCH3 is 1. The largest absolute Gasteiger partial charge is 0.486 e. The zero-order valence-electron chi connectivity index (χ0n) is 13.7. The van der Waals surface area contributed by atoms with E-state index < -0.39 is 0 Å². The van der Waals surface area contributed by atoms with Crippen molar-refractivity contribution in [2.45, 2.75) is 0 Å². The second-order valence-electron chi connectivity index (χ2n) is 5.27. The molecule has 8 heteroatoms. The van der Waals surface area contributed by atoms with Crippen molar-refractivity contribution in [3.8, 4) is 17.5 Å². The molecule has 3 rings (SSSR count). The maximum Gasteiger partial charge on any atom is 0.318 e. The Morgan fingerprint density at radius 1 is 1.29 bits per heavy atom. The summed E-state index contributed by atoms with van der Waals surface area (Å²) in [5.41, 5.74) is 0.868. The minimum absolute atomic E-state index is 0.227. The van der Waals surface area contributed by atoms with Crippen LogP contribution in [0.2, 0.25) is 0 Å². The van der Waals surface area contributed by atoms with E-state index in [2.05, 4.69) is 15.3 Å². The molecule has 126 valence electrons. The molecule has 0 saturated heterocycles. The molecule has 8 nitrogen and oxygen atoms in total. The van der Waals surface area contributed by atoms with Crippen molar-refractivity contribution in [2.24, 2.45) is 0 Å². The highest BCUT2D eigenvalue weighted by Gasteiger charge is 2.22. The molecule has 0 unspecified atom stereocenters. The van der Waals surface area contributed by atoms with Gasteiger partial charge in [0.25, 0.3) is 5.91 Å². The molecule has 1 N–H and O–H groups in total. The normalized spacial score (nSPS) is 12.5. The Morgan fingerprint density at radius 2 is 2.08 bits per heavy atom. The van der Waals surface area contributed by atoms with Crippen LogP contribution in [0.15, 0.2) is 24.4 Å². The Labute approximate surface area is 139 Å². The van der Waals surface area contributed by atoms with E-state index in [0.717, 1.165) is 0 Å². The van der Waals surface area contributed by atoms with Crippen LogP contribution in [0.1, 0.15) is 10.4 Å². The third-order valence-corrected chi connectivity index (χ3v) is 3.41. The number of benzene rings is 1. The van der Waals surface area contributed by atoms with Crippen LogP contribution in [0.5, 0.6) is 17.5 Å². The van der Waals surface area contributed by atoms with Crippen molar-refractivity contribution >= 4 is 17.4 Å². The van der Waals surface area contributed by atoms with Crippen LogP contribution in [0, 0.1) is 0 Å². The van der Waals surface area contributed by atoms with E-state index >= 15 is 0 Å². The lowest BCUT2D eigenvalue weighted by atomic mass is 10.1. The molecular formula is C16H18N4O4. The number of hydrogen-bond acceptors (Lipinski definition) is 7. The number of carbonyl (C=O) groups is 1. The number of para-hydroxylation sites is 1. The van der Waals surface area contributed by atoms with Crippen LogP contribution in [-0.4, -0.2) is 50.3 Å². The van der Waals surface area contributed by atoms with Gasteiger partial charge in [-0.25, -0.2) is 4.98 Å². The van der Waals surface area contributed by atoms with Gasteiger partial charge in [0.05, 0.1) is 18.9 Å². The highest BCUT2D eigenvalue weighted by atomic mass is 16.6. The molecule has 2 heterocycles. The second kappa shape index (κ2) is 6.61. The average molecular weight is 330 g/mol. The number of anilines is 2. The van der Waals surface area contributed by atoms with Crippen LogP contribution in [0.4, 0.5) is 11.5 Å². The first-order valence-electron chi connectivity index (χ1n) is 7.38. The fraction of sp³-hybridized carbons (Fsp3) is 0.312. The average Bonchev–Trinajstić information content (AvgIpc) is 2.61. The number of ether oxygens (including phenoxy) is 3. The first-order valence-corrected chi connectivity index (χ1v) is 7.38. The fourth-order valence-electron chi connectivity index (χ4n) is 2.33. The Morgan fingerprint density at radius 3 is 2.83 bits per heavy atom. The Kier molecular flexibility index (Phi) is 4.37. The van der Waals surface area contributed by atoms with Gasteiger partial charge in [-0.05, 0) is 12.1 Å². The van der Waals surface area contributed by atoms with Gasteiger partial charge in [-0.3, -0.25) is 4.79 Å². The van der Waals surface area contributed by atoms with Crippen molar-refractivity contribution in [3.63, 3.8) is 0 Å². The third-order valence-electron chi connectivity index (χ3n) is 3.41. The van der Waals surface area contributed by atoms with Crippen LogP contribution >= 0.6 is 0 Å². The topological polar surface area (TPSA) is 85.8 Å². The van der Waals surface area contributed by atoms with Gasteiger partial charge in [-0.15, -0.1) is 0 Å². The highest BCUT2D eigenvalue weighted by molar-refractivity contribution is 6.07. The van der Waals surface area contributed by atoms with Crippen LogP contribution in [0.25, 0.3) is 0 Å². The van der Waals surface area contributed by atoms with Gasteiger partial charge in [0.1, 0.15) is 18.9 Å². The van der Waals surface area contributed by atoms with E-state index in [1.54, 1.807) is 23.1 Å². The Balaban J connectivity index is 1.91. The molecule has 2 aromatic rings. The summed E-state index contributed by atoms with van der Waals surface area (Å²) >= 11 is 0. The Bertz CT molecular complexity index is 764. The van der Waals surface area contributed by atoms with Crippen LogP contribution < -0.4 is 24.4 Å². The molecule has 24 heavy (non-hydrogen) atoms. The molecule has 0 radical (unpaired) electrons. The molecule has 1 amide bonds. The summed E-state index contributed by atoms with van der Waals surface area (Å²) in [5.74, 6) is 1.22. The van der Waals surface area contributed by atoms with Crippen LogP contribution in [-0.2, 0) is 0 Å². The number of fused-ring (bicyclic) bond motifs is 1. The van der Waals surface area contributed by atoms with Gasteiger partial charge in [-0.1, -0.05) is 6.07 Å². The molecule has 0 spiro atoms. The monoisotopic (exact) mass is 330 g/mol. The smallest absolute Gasteiger partial charge is 0.318 e. The van der Waals surface area contributed by atoms with Gasteiger partial charge in [0, 0.05) is 14.1 Å². The standard InChI is InChI=1S/C16H18N4O4/c1-20(2)14-11(9-17-16(19-14)22-3)18-15(21)10-5-4-6-12-13(10)24-8-7-23-12/h4-6,9H,7-8H2,1-3H3,(H,18,21). The third kappa shape index (κ3) is 3.03. The first kappa shape index (κ1) is 15.9. The minimum atomic E-state index is -0.325. The zero-order chi connectivity index (χ0) is 17.1. The molecule has 1 aliphatic heterocycles. The summed E-state index contributed by atoms with van der Waals surface area (Å²) < 4.78 is 16.1. The molecule has 1 aromatic carbocycles. The molecule has 0 aliphatic carbocycles. The molecular weight excluding hydrogens is 312 g/mol. The number of nitrogens with zero attached hydrogens (tertiary/aromatic N) is 3. The van der Waals surface area contributed by atoms with Gasteiger partial charge < -0.3 is 24.4 Å². The second-order valence-corrected chi connectivity index (χ2v) is 5.27. The van der Waals surface area contributed by atoms with Gasteiger partial charge >= 0.3 is 6.01 Å². The quantitative estimate of drug-likeness (QED) is 0.910. The van der Waals surface area contributed by atoms with E-state index in [-0.39, 0.29) is 11.9 Å². The number of carbonyl (C=O) groups excluding carboxylic acids is 1. The van der Waals surface area contributed by atoms with E-state index in [9.17, 15) is 4.79 Å². The predicted molar refractivity (Wildman–Crippen MR) is 88.3 cm³/mol. The lowest BCUT2D eigenvalue weighted by Crippen LogP contribution is -2.21. The maximum atomic E-state index is 12.7. The van der Waals surface area contributed by atoms with Crippen molar-refractivity contribution in [3.05, 3.63) is 30.0 Å². The summed E-state index contributed by atoms with van der Waals surface area (Å²) in [6, 6.07) is 5.43. The molecule has 1 aromatic heterocycles. The van der Waals surface area contributed by atoms with E-state index in [0.29, 0.717) is 41.8 Å². The Hall–Kier alpha value is -3.03. The number of aromatic nitrogens is 2. The molecule has 0 bridgehead atoms. The number of rotatable bonds is 4. The number of amides is 1. The lowest BCUT2D eigenvalue weighted by Gasteiger charge is -2.21. The van der Waals surface area contributed by atoms with Crippen molar-refractivity contribution in [2.75, 3.05) is 44.6 Å². The number of hydrogen-bond donors (Lipinski definition) is 1. The predicted octanol–water partition coefficient (Wildman–Crippen LogP) is 1.57. The van der Waals surface area contributed by atoms with Gasteiger partial charge in [-0.2, -0.15) is 4.98 Å². The summed E-state index contributed by atoms with van der Waals surface area (Å²) in [4.78, 5) is 22.7. The van der Waals surface area contributed by atoms with Gasteiger partial charge in [0.2, 0.25) is 0 Å². The van der Waals surface area contributed by atoms with Crippen molar-refractivity contribution in [1.29, 1.82) is 0 Å². The van der Waals surface area contributed by atoms with Crippen molar-refractivity contribution < 1.29 is 19.0 Å². The SMILES string of the molecule is COc1ncc(NC(=O)c2cccc3c2OCCO3)c(N(C)C)n1. The zero-order valence-corrected chi connectivity index (χ0v) is 13.7. The fourth-order valence-corrected chi connectivity index (χ4v) is 2.33. The summed E-state index contributed by atoms with van der Waals surface area (Å²) in [6.07, 6.45) is 1.51. The molecule has 1 aliphatic rings. The van der Waals surface area contributed by atoms with Crippen molar-refractivity contribution in [1.82, 2.24) is 9.97 Å². The minimum Gasteiger partial charge on any atom is -0.486 e. The van der Waals surface area contributed by atoms with Crippen LogP contribution in [0.3, 0.4) is 0 Å². The molecule has 0 fully saturated rings. The summed E-state index contributed by atoms with van der Waals surface area (Å²) in [5, 5.41) is 2.81. The van der Waals surface area contributed by atoms with Gasteiger partial charge in [0.15, 0.2) is 17.3 Å². The van der Waals surface area contributed by atoms with E-state index in [1.165, 1.54) is 13.3 Å². The molecule has 0 atom stereocenters. The van der Waals surface area contributed by atoms with E-state index in [4.69, 9.17) is 14.2 Å². The summed E-state index contributed by atoms with van der Waals surface area (Å²) in [6.45, 7) is 0.876.